The van der Waals surface area contributed by atoms with Crippen molar-refractivity contribution >= 4 is 24.4 Å². The lowest BCUT2D eigenvalue weighted by molar-refractivity contribution is -0.127. The van der Waals surface area contributed by atoms with Crippen LogP contribution >= 0.6 is 0 Å². The number of hydrogen-bond donors (Lipinski definition) is 1. The van der Waals surface area contributed by atoms with Gasteiger partial charge >= 0.3 is 6.09 Å². The van der Waals surface area contributed by atoms with Gasteiger partial charge in [0, 0.05) is 6.08 Å². The number of amides is 2. The standard InChI is InChI=1S/C14H15N2O4/c1-2-20-14(19)15-16(10-11-17)13(18)9-8-12-6-4-3-5-7-12/h3-9H,2,10H2,1H3,(H,15,19)/b9-8+. The van der Waals surface area contributed by atoms with Gasteiger partial charge in [0.05, 0.1) is 6.61 Å². The molecular weight excluding hydrogens is 260 g/mol. The van der Waals surface area contributed by atoms with E-state index < -0.39 is 12.0 Å². The topological polar surface area (TPSA) is 75.7 Å². The lowest BCUT2D eigenvalue weighted by Crippen LogP contribution is -2.46. The molecule has 0 spiro atoms. The van der Waals surface area contributed by atoms with Crippen LogP contribution < -0.4 is 5.43 Å². The molecule has 0 aromatic heterocycles. The summed E-state index contributed by atoms with van der Waals surface area (Å²) in [4.78, 5) is 33.5. The first-order valence-electron chi connectivity index (χ1n) is 6.00. The zero-order chi connectivity index (χ0) is 14.8. The molecule has 1 N–H and O–H groups in total. The van der Waals surface area contributed by atoms with Gasteiger partial charge in [0.15, 0.2) is 0 Å². The summed E-state index contributed by atoms with van der Waals surface area (Å²) >= 11 is 0. The number of ether oxygens (including phenoxy) is 1. The van der Waals surface area contributed by atoms with Crippen molar-refractivity contribution in [2.45, 2.75) is 6.92 Å². The Balaban J connectivity index is 2.66. The fourth-order valence-corrected chi connectivity index (χ4v) is 1.33. The third kappa shape index (κ3) is 5.34. The molecule has 1 aromatic rings. The van der Waals surface area contributed by atoms with E-state index in [4.69, 9.17) is 0 Å². The Labute approximate surface area is 117 Å². The Bertz CT molecular complexity index is 485. The minimum atomic E-state index is -0.802. The van der Waals surface area contributed by atoms with Crippen molar-refractivity contribution in [2.75, 3.05) is 13.2 Å². The minimum absolute atomic E-state index is 0.165. The lowest BCUT2D eigenvalue weighted by Gasteiger charge is -2.18. The zero-order valence-corrected chi connectivity index (χ0v) is 11.0. The van der Waals surface area contributed by atoms with Crippen LogP contribution in [0.2, 0.25) is 0 Å². The first-order valence-corrected chi connectivity index (χ1v) is 6.00. The predicted octanol–water partition coefficient (Wildman–Crippen LogP) is 1.30. The maximum atomic E-state index is 11.8. The number of carbonyl (C=O) groups excluding carboxylic acids is 3. The zero-order valence-electron chi connectivity index (χ0n) is 11.0. The van der Waals surface area contributed by atoms with Crippen molar-refractivity contribution in [3.05, 3.63) is 42.0 Å². The molecule has 20 heavy (non-hydrogen) atoms. The fraction of sp³-hybridized carbons (Fsp3) is 0.214. The normalized spacial score (nSPS) is 10.1. The molecule has 0 aliphatic rings. The van der Waals surface area contributed by atoms with Gasteiger partial charge in [0.1, 0.15) is 6.54 Å². The maximum Gasteiger partial charge on any atom is 0.426 e. The largest absolute Gasteiger partial charge is 0.449 e. The average molecular weight is 275 g/mol. The molecule has 0 aliphatic heterocycles. The Hall–Kier alpha value is -2.63. The third-order valence-electron chi connectivity index (χ3n) is 2.21. The van der Waals surface area contributed by atoms with E-state index in [2.05, 4.69) is 10.2 Å². The first-order chi connectivity index (χ1) is 9.67. The summed E-state index contributed by atoms with van der Waals surface area (Å²) in [5.74, 6) is -0.551. The third-order valence-corrected chi connectivity index (χ3v) is 2.21. The van der Waals surface area contributed by atoms with Crippen LogP contribution in [-0.2, 0) is 14.3 Å². The van der Waals surface area contributed by atoms with Crippen molar-refractivity contribution in [3.8, 4) is 0 Å². The van der Waals surface area contributed by atoms with Gasteiger partial charge in [0.25, 0.3) is 5.91 Å². The molecule has 0 aliphatic carbocycles. The molecule has 0 fully saturated rings. The van der Waals surface area contributed by atoms with Gasteiger partial charge in [-0.05, 0) is 18.6 Å². The highest BCUT2D eigenvalue weighted by molar-refractivity contribution is 5.93. The highest BCUT2D eigenvalue weighted by atomic mass is 16.6. The van der Waals surface area contributed by atoms with E-state index in [1.54, 1.807) is 19.3 Å². The Morgan fingerprint density at radius 2 is 2.05 bits per heavy atom. The monoisotopic (exact) mass is 275 g/mol. The summed E-state index contributed by atoms with van der Waals surface area (Å²) in [6, 6.07) is 9.16. The first kappa shape index (κ1) is 15.4. The summed E-state index contributed by atoms with van der Waals surface area (Å²) in [6.45, 7) is 1.42. The van der Waals surface area contributed by atoms with Crippen LogP contribution in [0.3, 0.4) is 0 Å². The second kappa shape index (κ2) is 8.47. The van der Waals surface area contributed by atoms with Gasteiger partial charge in [-0.25, -0.2) is 15.2 Å². The summed E-state index contributed by atoms with van der Waals surface area (Å²) in [5, 5.41) is 0.824. The summed E-state index contributed by atoms with van der Waals surface area (Å²) in [5.41, 5.74) is 2.99. The van der Waals surface area contributed by atoms with E-state index in [1.165, 1.54) is 6.08 Å². The Morgan fingerprint density at radius 1 is 1.35 bits per heavy atom. The molecule has 1 aromatic carbocycles. The van der Waals surface area contributed by atoms with Crippen LogP contribution in [0.1, 0.15) is 12.5 Å². The summed E-state index contributed by atoms with van der Waals surface area (Å²) < 4.78 is 4.63. The van der Waals surface area contributed by atoms with Gasteiger partial charge in [-0.1, -0.05) is 30.3 Å². The summed E-state index contributed by atoms with van der Waals surface area (Å²) in [7, 11) is 0. The number of nitrogens with one attached hydrogen (secondary N) is 1. The van der Waals surface area contributed by atoms with Gasteiger partial charge in [-0.15, -0.1) is 0 Å². The molecule has 105 valence electrons. The number of nitrogens with zero attached hydrogens (tertiary/aromatic N) is 1. The molecule has 0 bridgehead atoms. The van der Waals surface area contributed by atoms with E-state index in [-0.39, 0.29) is 13.2 Å². The van der Waals surface area contributed by atoms with Gasteiger partial charge in [-0.2, -0.15) is 0 Å². The smallest absolute Gasteiger partial charge is 0.426 e. The Morgan fingerprint density at radius 3 is 2.65 bits per heavy atom. The van der Waals surface area contributed by atoms with Crippen molar-refractivity contribution in [2.24, 2.45) is 0 Å². The molecule has 1 rings (SSSR count). The highest BCUT2D eigenvalue weighted by Crippen LogP contribution is 2.01. The van der Waals surface area contributed by atoms with E-state index in [1.807, 2.05) is 30.3 Å². The van der Waals surface area contributed by atoms with E-state index >= 15 is 0 Å². The van der Waals surface area contributed by atoms with Crippen molar-refractivity contribution in [1.29, 1.82) is 0 Å². The molecule has 0 unspecified atom stereocenters. The van der Waals surface area contributed by atoms with Crippen LogP contribution in [0.25, 0.3) is 6.08 Å². The number of rotatable bonds is 5. The number of benzene rings is 1. The Kier molecular flexibility index (Phi) is 6.53. The maximum absolute atomic E-state index is 11.8. The number of hydrazine groups is 1. The summed E-state index contributed by atoms with van der Waals surface area (Å²) in [6.07, 6.45) is 3.57. The average Bonchev–Trinajstić information content (AvgIpc) is 2.45. The minimum Gasteiger partial charge on any atom is -0.449 e. The van der Waals surface area contributed by atoms with Crippen LogP contribution in [0, 0.1) is 0 Å². The molecule has 0 saturated heterocycles. The van der Waals surface area contributed by atoms with Crippen molar-refractivity contribution in [3.63, 3.8) is 0 Å². The van der Waals surface area contributed by atoms with E-state index in [0.29, 0.717) is 0 Å². The predicted molar refractivity (Wildman–Crippen MR) is 73.0 cm³/mol. The molecule has 0 heterocycles. The lowest BCUT2D eigenvalue weighted by atomic mass is 10.2. The van der Waals surface area contributed by atoms with E-state index in [0.717, 1.165) is 10.6 Å². The van der Waals surface area contributed by atoms with E-state index in [9.17, 15) is 14.4 Å². The molecule has 2 amide bonds. The SMILES string of the molecule is CCOC(=O)NN(C[C]=O)C(=O)/C=C/c1ccccc1. The second-order valence-corrected chi connectivity index (χ2v) is 3.65. The highest BCUT2D eigenvalue weighted by Gasteiger charge is 2.14. The van der Waals surface area contributed by atoms with Crippen LogP contribution in [0.15, 0.2) is 36.4 Å². The molecule has 6 heteroatoms. The van der Waals surface area contributed by atoms with Crippen molar-refractivity contribution in [1.82, 2.24) is 10.4 Å². The molecule has 6 nitrogen and oxygen atoms in total. The van der Waals surface area contributed by atoms with Crippen LogP contribution in [0.4, 0.5) is 4.79 Å². The van der Waals surface area contributed by atoms with Gasteiger partial charge in [-0.3, -0.25) is 9.59 Å². The van der Waals surface area contributed by atoms with Gasteiger partial charge in [0.2, 0.25) is 6.29 Å². The number of hydrogen-bond acceptors (Lipinski definition) is 4. The quantitative estimate of drug-likeness (QED) is 0.649. The van der Waals surface area contributed by atoms with Crippen molar-refractivity contribution < 1.29 is 19.1 Å². The number of carbonyl (C=O) groups is 2. The fourth-order valence-electron chi connectivity index (χ4n) is 1.33. The second-order valence-electron chi connectivity index (χ2n) is 3.65. The van der Waals surface area contributed by atoms with Crippen LogP contribution in [0.5, 0.6) is 0 Å². The molecular formula is C14H15N2O4. The molecule has 0 atom stereocenters. The van der Waals surface area contributed by atoms with Gasteiger partial charge < -0.3 is 4.74 Å². The molecule has 0 saturated carbocycles. The van der Waals surface area contributed by atoms with Crippen LogP contribution in [-0.4, -0.2) is 36.4 Å². The molecule has 1 radical (unpaired) electrons.